The highest BCUT2D eigenvalue weighted by Gasteiger charge is 2.56. The molecule has 1 aliphatic rings. The maximum atomic E-state index is 16.2. The number of alkyl halides is 2. The van der Waals surface area contributed by atoms with Crippen LogP contribution >= 0.6 is 11.6 Å². The van der Waals surface area contributed by atoms with Gasteiger partial charge in [0.15, 0.2) is 0 Å². The number of aromatic nitrogens is 5. The van der Waals surface area contributed by atoms with Crippen molar-refractivity contribution in [2.45, 2.75) is 51.6 Å². The summed E-state index contributed by atoms with van der Waals surface area (Å²) < 4.78 is 50.3. The monoisotopic (exact) mass is 634 g/mol. The van der Waals surface area contributed by atoms with E-state index in [4.69, 9.17) is 16.3 Å². The summed E-state index contributed by atoms with van der Waals surface area (Å²) in [5, 5.41) is 26.8. The Morgan fingerprint density at radius 2 is 1.91 bits per heavy atom. The third-order valence-corrected chi connectivity index (χ3v) is 8.25. The van der Waals surface area contributed by atoms with E-state index in [0.29, 0.717) is 66.3 Å². The van der Waals surface area contributed by atoms with Crippen molar-refractivity contribution in [3.8, 4) is 11.9 Å². The van der Waals surface area contributed by atoms with E-state index in [2.05, 4.69) is 57.8 Å². The Morgan fingerprint density at radius 3 is 2.58 bits per heavy atom. The molecule has 1 fully saturated rings. The van der Waals surface area contributed by atoms with Gasteiger partial charge in [-0.05, 0) is 53.5 Å². The third kappa shape index (κ3) is 5.46. The lowest BCUT2D eigenvalue weighted by molar-refractivity contribution is 0.0524. The zero-order valence-corrected chi connectivity index (χ0v) is 25.8. The molecule has 1 aliphatic carbocycles. The quantitative estimate of drug-likeness (QED) is 0.172. The van der Waals surface area contributed by atoms with Gasteiger partial charge in [-0.15, -0.1) is 5.10 Å². The predicted molar refractivity (Wildman–Crippen MR) is 166 cm³/mol. The van der Waals surface area contributed by atoms with E-state index < -0.39 is 24.0 Å². The molecule has 0 radical (unpaired) electrons. The maximum Gasteiger partial charge on any atom is 0.263 e. The first kappa shape index (κ1) is 30.4. The largest absolute Gasteiger partial charge is 0.481 e. The molecule has 2 N–H and O–H groups in total. The topological polar surface area (TPSA) is 114 Å². The Bertz CT molecular complexity index is 1960. The predicted octanol–water partition coefficient (Wildman–Crippen LogP) is 7.46. The minimum absolute atomic E-state index is 0.0957. The van der Waals surface area contributed by atoms with Gasteiger partial charge in [0.25, 0.3) is 6.43 Å². The van der Waals surface area contributed by atoms with Gasteiger partial charge < -0.3 is 15.4 Å². The van der Waals surface area contributed by atoms with Gasteiger partial charge in [0.1, 0.15) is 23.3 Å². The molecule has 1 unspecified atom stereocenters. The Kier molecular flexibility index (Phi) is 7.69. The highest BCUT2D eigenvalue weighted by Crippen LogP contribution is 2.49. The number of nitrogens with zero attached hydrogens (tertiary/aromatic N) is 6. The average molecular weight is 635 g/mol. The number of anilines is 2. The Morgan fingerprint density at radius 1 is 1.13 bits per heavy atom. The van der Waals surface area contributed by atoms with Crippen molar-refractivity contribution in [3.05, 3.63) is 76.6 Å². The van der Waals surface area contributed by atoms with E-state index in [1.54, 1.807) is 36.5 Å². The third-order valence-electron chi connectivity index (χ3n) is 7.96. The van der Waals surface area contributed by atoms with Crippen LogP contribution in [0.1, 0.15) is 56.5 Å². The smallest absolute Gasteiger partial charge is 0.263 e. The Balaban J connectivity index is 1.53. The van der Waals surface area contributed by atoms with Crippen molar-refractivity contribution in [2.75, 3.05) is 24.3 Å². The summed E-state index contributed by atoms with van der Waals surface area (Å²) in [6.45, 7) is 6.76. The molecular weight excluding hydrogens is 605 g/mol. The van der Waals surface area contributed by atoms with Crippen LogP contribution in [-0.2, 0) is 5.54 Å². The number of fused-ring (bicyclic) bond motifs is 2. The summed E-state index contributed by atoms with van der Waals surface area (Å²) in [5.41, 5.74) is 0.410. The van der Waals surface area contributed by atoms with Crippen LogP contribution < -0.4 is 15.4 Å². The molecule has 0 amide bonds. The summed E-state index contributed by atoms with van der Waals surface area (Å²) in [4.78, 5) is 8.70. The van der Waals surface area contributed by atoms with Gasteiger partial charge in [-0.3, -0.25) is 4.98 Å². The van der Waals surface area contributed by atoms with Gasteiger partial charge in [0.2, 0.25) is 11.8 Å². The van der Waals surface area contributed by atoms with Crippen LogP contribution in [0.25, 0.3) is 21.7 Å². The number of rotatable bonds is 9. The van der Waals surface area contributed by atoms with Gasteiger partial charge in [0, 0.05) is 35.4 Å². The van der Waals surface area contributed by atoms with E-state index in [-0.39, 0.29) is 24.0 Å². The first-order chi connectivity index (χ1) is 21.5. The molecule has 13 heteroatoms. The highest BCUT2D eigenvalue weighted by molar-refractivity contribution is 6.35. The maximum absolute atomic E-state index is 16.2. The van der Waals surface area contributed by atoms with Crippen molar-refractivity contribution in [3.63, 3.8) is 0 Å². The minimum Gasteiger partial charge on any atom is -0.481 e. The van der Waals surface area contributed by atoms with Crippen LogP contribution in [0, 0.1) is 22.7 Å². The molecule has 6 rings (SSSR count). The van der Waals surface area contributed by atoms with Crippen molar-refractivity contribution in [1.29, 1.82) is 5.26 Å². The second kappa shape index (κ2) is 11.4. The van der Waals surface area contributed by atoms with Crippen LogP contribution in [0.15, 0.2) is 48.8 Å². The molecule has 5 aromatic rings. The Hall–Kier alpha value is -4.63. The second-order valence-electron chi connectivity index (χ2n) is 12.3. The molecule has 45 heavy (non-hydrogen) atoms. The lowest BCUT2D eigenvalue weighted by Gasteiger charge is -2.23. The number of halogens is 4. The van der Waals surface area contributed by atoms with Crippen LogP contribution in [-0.4, -0.2) is 45.0 Å². The summed E-state index contributed by atoms with van der Waals surface area (Å²) >= 11 is 6.74. The molecule has 232 valence electrons. The van der Waals surface area contributed by atoms with Gasteiger partial charge in [0.05, 0.1) is 28.9 Å². The fourth-order valence-corrected chi connectivity index (χ4v) is 5.71. The molecule has 0 saturated heterocycles. The molecule has 0 bridgehead atoms. The zero-order valence-electron chi connectivity index (χ0n) is 25.0. The zero-order chi connectivity index (χ0) is 32.1. The number of nitrogens with one attached hydrogen (secondary N) is 2. The van der Waals surface area contributed by atoms with Gasteiger partial charge >= 0.3 is 0 Å². The summed E-state index contributed by atoms with van der Waals surface area (Å²) in [7, 11) is 1.50. The van der Waals surface area contributed by atoms with E-state index >= 15 is 4.39 Å². The normalized spacial score (nSPS) is 14.8. The first-order valence-electron chi connectivity index (χ1n) is 14.3. The van der Waals surface area contributed by atoms with E-state index in [0.717, 1.165) is 0 Å². The number of hydrogen-bond donors (Lipinski definition) is 2. The van der Waals surface area contributed by atoms with E-state index in [1.807, 2.05) is 6.07 Å². The molecule has 3 heterocycles. The highest BCUT2D eigenvalue weighted by atomic mass is 35.5. The van der Waals surface area contributed by atoms with Gasteiger partial charge in [-0.1, -0.05) is 49.7 Å². The van der Waals surface area contributed by atoms with Crippen molar-refractivity contribution in [1.82, 2.24) is 25.0 Å². The molecule has 0 aliphatic heterocycles. The van der Waals surface area contributed by atoms with Crippen LogP contribution in [0.2, 0.25) is 5.02 Å². The fourth-order valence-electron chi connectivity index (χ4n) is 5.44. The van der Waals surface area contributed by atoms with Gasteiger partial charge in [-0.2, -0.15) is 9.65 Å². The molecule has 1 atom stereocenters. The number of benzene rings is 2. The van der Waals surface area contributed by atoms with Gasteiger partial charge in [-0.25, -0.2) is 18.4 Å². The number of hydrogen-bond acceptors (Lipinski definition) is 8. The summed E-state index contributed by atoms with van der Waals surface area (Å²) in [6, 6.07) is 11.7. The van der Waals surface area contributed by atoms with Crippen LogP contribution in [0.5, 0.6) is 5.88 Å². The number of pyridine rings is 2. The van der Waals surface area contributed by atoms with Crippen molar-refractivity contribution >= 4 is 44.7 Å². The molecule has 1 saturated carbocycles. The molecule has 0 spiro atoms. The number of ether oxygens (including phenoxy) is 1. The van der Waals surface area contributed by atoms with E-state index in [1.165, 1.54) is 13.3 Å². The van der Waals surface area contributed by atoms with Crippen molar-refractivity contribution in [2.24, 2.45) is 5.41 Å². The minimum atomic E-state index is -2.80. The van der Waals surface area contributed by atoms with Crippen LogP contribution in [0.4, 0.5) is 24.5 Å². The molecule has 2 aromatic carbocycles. The molecule has 9 nitrogen and oxygen atoms in total. The number of nitriles is 1. The summed E-state index contributed by atoms with van der Waals surface area (Å²) in [5.74, 6) is -0.596. The summed E-state index contributed by atoms with van der Waals surface area (Å²) in [6.07, 6.45) is 0.426. The fraction of sp³-hybridized carbons (Fsp3) is 0.344. The van der Waals surface area contributed by atoms with E-state index in [9.17, 15) is 14.0 Å². The molecule has 3 aromatic heterocycles. The average Bonchev–Trinajstić information content (AvgIpc) is 3.73. The first-order valence-corrected chi connectivity index (χ1v) is 14.7. The van der Waals surface area contributed by atoms with Crippen LogP contribution in [0.3, 0.4) is 0 Å². The SMILES string of the molecule is COc1nccc2c(C(Nc3cc(Cl)c4ncc(C#N)c(NCC(C)(C)C)c4c3)c3nnn(C4(C(F)F)CC4)c3F)cccc12. The number of methoxy groups -OCH3 is 1. The lowest BCUT2D eigenvalue weighted by atomic mass is 9.96. The lowest BCUT2D eigenvalue weighted by Crippen LogP contribution is -2.29. The van der Waals surface area contributed by atoms with Crippen molar-refractivity contribution < 1.29 is 17.9 Å². The second-order valence-corrected chi connectivity index (χ2v) is 12.8. The standard InChI is InChI=1S/C32H30ClF3N8O/c1-31(2,3)16-40-24-17(14-37)15-39-25-22(24)12-18(13-23(25)33)41-26(20-6-5-7-21-19(20)8-11-38-29(21)45-4)27-28(34)44(43-42-27)32(9-10-32)30(35)36/h5-8,11-13,15,26,30,41H,9-10,16H2,1-4H3,(H,39,40). The Labute approximate surface area is 262 Å². The molecular formula is C32H30ClF3N8O.